The van der Waals surface area contributed by atoms with Crippen molar-refractivity contribution in [1.29, 1.82) is 0 Å². The normalized spacial score (nSPS) is 12.3. The van der Waals surface area contributed by atoms with Crippen LogP contribution in [0.1, 0.15) is 97.3 Å². The summed E-state index contributed by atoms with van der Waals surface area (Å²) in [5.41, 5.74) is 1.29. The van der Waals surface area contributed by atoms with E-state index in [0.29, 0.717) is 6.04 Å². The van der Waals surface area contributed by atoms with E-state index in [0.717, 1.165) is 0 Å². The van der Waals surface area contributed by atoms with E-state index in [1.54, 1.807) is 0 Å². The van der Waals surface area contributed by atoms with Gasteiger partial charge in [0, 0.05) is 11.7 Å². The molecule has 1 aromatic rings. The molecule has 0 aliphatic carbocycles. The summed E-state index contributed by atoms with van der Waals surface area (Å²) in [4.78, 5) is 0. The van der Waals surface area contributed by atoms with Gasteiger partial charge >= 0.3 is 0 Å². The van der Waals surface area contributed by atoms with E-state index >= 15 is 0 Å². The van der Waals surface area contributed by atoms with Crippen LogP contribution in [-0.2, 0) is 0 Å². The molecule has 23 heavy (non-hydrogen) atoms. The summed E-state index contributed by atoms with van der Waals surface area (Å²) < 4.78 is 0. The molecule has 132 valence electrons. The highest BCUT2D eigenvalue weighted by Crippen LogP contribution is 2.18. The topological polar surface area (TPSA) is 12.0 Å². The Morgan fingerprint density at radius 1 is 0.652 bits per heavy atom. The molecular formula is C22H39N. The first-order chi connectivity index (χ1) is 11.4. The van der Waals surface area contributed by atoms with E-state index in [1.165, 1.54) is 89.2 Å². The van der Waals surface area contributed by atoms with Gasteiger partial charge in [-0.05, 0) is 25.0 Å². The maximum Gasteiger partial charge on any atom is 0.0342 e. The molecule has 1 N–H and O–H groups in total. The summed E-state index contributed by atoms with van der Waals surface area (Å²) in [6, 6.07) is 11.4. The minimum atomic E-state index is 0.658. The van der Waals surface area contributed by atoms with Crippen LogP contribution in [0.15, 0.2) is 30.3 Å². The van der Waals surface area contributed by atoms with Gasteiger partial charge in [-0.25, -0.2) is 0 Å². The van der Waals surface area contributed by atoms with Crippen molar-refractivity contribution in [2.45, 2.75) is 103 Å². The van der Waals surface area contributed by atoms with Gasteiger partial charge in [0.1, 0.15) is 0 Å². The predicted molar refractivity (Wildman–Crippen MR) is 105 cm³/mol. The maximum atomic E-state index is 3.77. The number of nitrogens with one attached hydrogen (secondary N) is 1. The molecule has 0 fully saturated rings. The van der Waals surface area contributed by atoms with Crippen LogP contribution in [0, 0.1) is 0 Å². The third-order valence-electron chi connectivity index (χ3n) is 4.71. The molecule has 0 bridgehead atoms. The second-order valence-electron chi connectivity index (χ2n) is 6.97. The van der Waals surface area contributed by atoms with Crippen molar-refractivity contribution in [3.05, 3.63) is 30.3 Å². The highest BCUT2D eigenvalue weighted by molar-refractivity contribution is 5.43. The fraction of sp³-hybridized carbons (Fsp3) is 0.727. The van der Waals surface area contributed by atoms with Gasteiger partial charge in [0.05, 0.1) is 0 Å². The Hall–Kier alpha value is -0.980. The van der Waals surface area contributed by atoms with Gasteiger partial charge in [0.15, 0.2) is 0 Å². The van der Waals surface area contributed by atoms with Crippen LogP contribution < -0.4 is 5.32 Å². The minimum Gasteiger partial charge on any atom is -0.382 e. The van der Waals surface area contributed by atoms with Crippen LogP contribution >= 0.6 is 0 Å². The number of hydrogen-bond donors (Lipinski definition) is 1. The Bertz CT molecular complexity index is 346. The highest BCUT2D eigenvalue weighted by atomic mass is 14.9. The van der Waals surface area contributed by atoms with E-state index < -0.39 is 0 Å². The fourth-order valence-electron chi connectivity index (χ4n) is 3.22. The highest BCUT2D eigenvalue weighted by Gasteiger charge is 2.08. The lowest BCUT2D eigenvalue weighted by Crippen LogP contribution is -2.19. The Morgan fingerprint density at radius 3 is 1.65 bits per heavy atom. The fourth-order valence-corrected chi connectivity index (χ4v) is 3.22. The van der Waals surface area contributed by atoms with Crippen molar-refractivity contribution >= 4 is 5.69 Å². The monoisotopic (exact) mass is 317 g/mol. The Morgan fingerprint density at radius 2 is 1.13 bits per heavy atom. The molecule has 0 amide bonds. The van der Waals surface area contributed by atoms with Gasteiger partial charge in [-0.15, -0.1) is 0 Å². The average molecular weight is 318 g/mol. The molecule has 0 aliphatic rings. The summed E-state index contributed by atoms with van der Waals surface area (Å²) in [5.74, 6) is 0. The third kappa shape index (κ3) is 11.2. The second-order valence-corrected chi connectivity index (χ2v) is 6.97. The lowest BCUT2D eigenvalue weighted by molar-refractivity contribution is 0.505. The molecule has 0 radical (unpaired) electrons. The van der Waals surface area contributed by atoms with Gasteiger partial charge in [0.25, 0.3) is 0 Å². The van der Waals surface area contributed by atoms with Crippen LogP contribution in [0.5, 0.6) is 0 Å². The van der Waals surface area contributed by atoms with Gasteiger partial charge in [-0.1, -0.05) is 103 Å². The molecule has 0 heterocycles. The first-order valence-corrected chi connectivity index (χ1v) is 10.2. The van der Waals surface area contributed by atoms with Crippen molar-refractivity contribution in [3.63, 3.8) is 0 Å². The van der Waals surface area contributed by atoms with Gasteiger partial charge in [-0.2, -0.15) is 0 Å². The predicted octanol–water partition coefficient (Wildman–Crippen LogP) is 7.58. The standard InChI is InChI=1S/C22H39N/c1-3-5-7-9-11-14-18-21(17-13-10-8-6-4-2)23-22-19-15-12-16-20-22/h12,15-16,19-21,23H,3-11,13-14,17-18H2,1-2H3. The van der Waals surface area contributed by atoms with Crippen LogP contribution in [-0.4, -0.2) is 6.04 Å². The van der Waals surface area contributed by atoms with Crippen LogP contribution in [0.25, 0.3) is 0 Å². The molecule has 0 saturated carbocycles. The second kappa shape index (κ2) is 14.6. The molecule has 0 aromatic heterocycles. The molecule has 0 saturated heterocycles. The number of benzene rings is 1. The molecule has 0 aliphatic heterocycles. The van der Waals surface area contributed by atoms with Crippen molar-refractivity contribution in [2.75, 3.05) is 5.32 Å². The van der Waals surface area contributed by atoms with E-state index in [2.05, 4.69) is 49.5 Å². The molecular weight excluding hydrogens is 278 g/mol. The first kappa shape index (κ1) is 20.1. The Labute approximate surface area is 145 Å². The van der Waals surface area contributed by atoms with Crippen molar-refractivity contribution in [3.8, 4) is 0 Å². The SMILES string of the molecule is CCCCCCCCC(CCCCCCC)Nc1ccccc1. The third-order valence-corrected chi connectivity index (χ3v) is 4.71. The van der Waals surface area contributed by atoms with E-state index in [1.807, 2.05) is 0 Å². The van der Waals surface area contributed by atoms with Crippen LogP contribution in [0.2, 0.25) is 0 Å². The lowest BCUT2D eigenvalue weighted by Gasteiger charge is -2.20. The molecule has 1 heteroatoms. The van der Waals surface area contributed by atoms with Crippen LogP contribution in [0.3, 0.4) is 0 Å². The van der Waals surface area contributed by atoms with Crippen molar-refractivity contribution in [1.82, 2.24) is 0 Å². The zero-order chi connectivity index (χ0) is 16.6. The molecule has 1 rings (SSSR count). The van der Waals surface area contributed by atoms with Gasteiger partial charge < -0.3 is 5.32 Å². The number of unbranched alkanes of at least 4 members (excludes halogenated alkanes) is 9. The summed E-state index contributed by atoms with van der Waals surface area (Å²) in [5, 5.41) is 3.77. The zero-order valence-corrected chi connectivity index (χ0v) is 15.7. The largest absolute Gasteiger partial charge is 0.382 e. The number of rotatable bonds is 15. The van der Waals surface area contributed by atoms with Gasteiger partial charge in [0.2, 0.25) is 0 Å². The minimum absolute atomic E-state index is 0.658. The van der Waals surface area contributed by atoms with Gasteiger partial charge in [-0.3, -0.25) is 0 Å². The first-order valence-electron chi connectivity index (χ1n) is 10.2. The Kier molecular flexibility index (Phi) is 12.7. The summed E-state index contributed by atoms with van der Waals surface area (Å²) in [6.07, 6.45) is 17.9. The molecule has 0 spiro atoms. The van der Waals surface area contributed by atoms with E-state index in [9.17, 15) is 0 Å². The Balaban J connectivity index is 2.26. The van der Waals surface area contributed by atoms with E-state index in [-0.39, 0.29) is 0 Å². The van der Waals surface area contributed by atoms with Crippen molar-refractivity contribution < 1.29 is 0 Å². The number of anilines is 1. The maximum absolute atomic E-state index is 3.77. The van der Waals surface area contributed by atoms with Crippen molar-refractivity contribution in [2.24, 2.45) is 0 Å². The molecule has 1 nitrogen and oxygen atoms in total. The molecule has 1 unspecified atom stereocenters. The van der Waals surface area contributed by atoms with Crippen LogP contribution in [0.4, 0.5) is 5.69 Å². The summed E-state index contributed by atoms with van der Waals surface area (Å²) in [7, 11) is 0. The molecule has 1 atom stereocenters. The van der Waals surface area contributed by atoms with E-state index in [4.69, 9.17) is 0 Å². The summed E-state index contributed by atoms with van der Waals surface area (Å²) >= 11 is 0. The number of para-hydroxylation sites is 1. The molecule has 1 aromatic carbocycles. The lowest BCUT2D eigenvalue weighted by atomic mass is 10.00. The quantitative estimate of drug-likeness (QED) is 0.329. The smallest absolute Gasteiger partial charge is 0.0342 e. The summed E-state index contributed by atoms with van der Waals surface area (Å²) in [6.45, 7) is 4.58. The number of hydrogen-bond acceptors (Lipinski definition) is 1. The zero-order valence-electron chi connectivity index (χ0n) is 15.7. The average Bonchev–Trinajstić information content (AvgIpc) is 2.58.